The van der Waals surface area contributed by atoms with E-state index in [-0.39, 0.29) is 17.9 Å². The van der Waals surface area contributed by atoms with E-state index in [1.807, 2.05) is 63.7 Å². The summed E-state index contributed by atoms with van der Waals surface area (Å²) in [5.74, 6) is 0.0740. The number of halogens is 1. The number of hydrogen-bond donors (Lipinski definition) is 0. The Bertz CT molecular complexity index is 1220. The highest BCUT2D eigenvalue weighted by Crippen LogP contribution is 2.36. The van der Waals surface area contributed by atoms with Gasteiger partial charge in [0.25, 0.3) is 5.91 Å². The number of benzene rings is 2. The van der Waals surface area contributed by atoms with E-state index in [2.05, 4.69) is 9.88 Å². The number of anilines is 1. The first-order chi connectivity index (χ1) is 16.8. The predicted octanol–water partition coefficient (Wildman–Crippen LogP) is 4.58. The van der Waals surface area contributed by atoms with E-state index in [1.165, 1.54) is 11.3 Å². The molecular formula is C27H29FN4O2S. The van der Waals surface area contributed by atoms with E-state index in [4.69, 9.17) is 0 Å². The van der Waals surface area contributed by atoms with Crippen LogP contribution in [0.1, 0.15) is 35.6 Å². The second-order valence-corrected chi connectivity index (χ2v) is 10.5. The van der Waals surface area contributed by atoms with Crippen LogP contribution in [0.15, 0.2) is 60.1 Å². The molecule has 1 unspecified atom stereocenters. The number of nitrogens with zero attached hydrogens (tertiary/aromatic N) is 4. The van der Waals surface area contributed by atoms with Crippen molar-refractivity contribution in [1.29, 1.82) is 0 Å². The fraction of sp³-hybridized carbons (Fsp3) is 0.370. The molecular weight excluding hydrogens is 463 g/mol. The molecule has 3 heterocycles. The maximum Gasteiger partial charge on any atom is 0.282 e. The fourth-order valence-electron chi connectivity index (χ4n) is 5.03. The van der Waals surface area contributed by atoms with E-state index in [9.17, 15) is 14.0 Å². The Morgan fingerprint density at radius 1 is 1.09 bits per heavy atom. The van der Waals surface area contributed by atoms with E-state index in [1.54, 1.807) is 20.0 Å². The van der Waals surface area contributed by atoms with Gasteiger partial charge in [-0.3, -0.25) is 14.5 Å². The van der Waals surface area contributed by atoms with Gasteiger partial charge in [0.1, 0.15) is 5.67 Å². The molecule has 0 saturated carbocycles. The Morgan fingerprint density at radius 2 is 1.86 bits per heavy atom. The number of alkyl halides is 1. The van der Waals surface area contributed by atoms with Crippen molar-refractivity contribution in [1.82, 2.24) is 14.8 Å². The summed E-state index contributed by atoms with van der Waals surface area (Å²) >= 11 is 1.36. The smallest absolute Gasteiger partial charge is 0.282 e. The van der Waals surface area contributed by atoms with Gasteiger partial charge in [-0.1, -0.05) is 36.4 Å². The molecule has 2 aliphatic rings. The Labute approximate surface area is 209 Å². The lowest BCUT2D eigenvalue weighted by Crippen LogP contribution is -2.52. The topological polar surface area (TPSA) is 56.8 Å². The number of carbonyl (C=O) groups is 2. The van der Waals surface area contributed by atoms with Crippen LogP contribution >= 0.6 is 11.3 Å². The fourth-order valence-corrected chi connectivity index (χ4v) is 5.63. The van der Waals surface area contributed by atoms with Gasteiger partial charge in [0, 0.05) is 62.5 Å². The van der Waals surface area contributed by atoms with Gasteiger partial charge in [0.05, 0.1) is 0 Å². The second kappa shape index (κ2) is 9.51. The van der Waals surface area contributed by atoms with E-state index >= 15 is 0 Å². The summed E-state index contributed by atoms with van der Waals surface area (Å²) in [6.07, 6.45) is 2.11. The molecule has 2 amide bonds. The highest BCUT2D eigenvalue weighted by atomic mass is 32.1. The van der Waals surface area contributed by atoms with Crippen LogP contribution < -0.4 is 4.90 Å². The number of thiazole rings is 1. The molecule has 1 atom stereocenters. The molecule has 2 aliphatic heterocycles. The van der Waals surface area contributed by atoms with Crippen LogP contribution in [-0.2, 0) is 10.5 Å². The van der Waals surface area contributed by atoms with Gasteiger partial charge in [0.2, 0.25) is 5.91 Å². The van der Waals surface area contributed by atoms with E-state index in [0.717, 1.165) is 29.9 Å². The molecule has 5 rings (SSSR count). The number of aromatic nitrogens is 1. The predicted molar refractivity (Wildman–Crippen MR) is 136 cm³/mol. The third-order valence-electron chi connectivity index (χ3n) is 6.87. The molecule has 2 saturated heterocycles. The van der Waals surface area contributed by atoms with Crippen LogP contribution in [0.5, 0.6) is 0 Å². The van der Waals surface area contributed by atoms with Crippen molar-refractivity contribution in [3.63, 3.8) is 0 Å². The normalized spacial score (nSPS) is 19.4. The SMILES string of the molecule is CC(C)(F)c1ccccc1-c1cccc(N2CC(N3CCN(C(=O)c4nccs4)CC3)CC2=O)c1. The lowest BCUT2D eigenvalue weighted by molar-refractivity contribution is -0.117. The first-order valence-corrected chi connectivity index (χ1v) is 12.8. The standard InChI is InChI=1S/C27H29FN4O2S/c1-27(2,28)23-9-4-3-8-22(23)19-6-5-7-20(16-19)32-18-21(17-24(32)33)30-11-13-31(14-12-30)26(34)25-29-10-15-35-25/h3-10,15-16,21H,11-14,17-18H2,1-2H3. The van der Waals surface area contributed by atoms with Crippen LogP contribution in [0.2, 0.25) is 0 Å². The summed E-state index contributed by atoms with van der Waals surface area (Å²) in [6.45, 7) is 6.48. The van der Waals surface area contributed by atoms with Crippen LogP contribution in [0.3, 0.4) is 0 Å². The zero-order chi connectivity index (χ0) is 24.6. The van der Waals surface area contributed by atoms with Gasteiger partial charge in [-0.05, 0) is 42.7 Å². The summed E-state index contributed by atoms with van der Waals surface area (Å²) < 4.78 is 14.8. The molecule has 0 N–H and O–H groups in total. The minimum atomic E-state index is -1.47. The van der Waals surface area contributed by atoms with Crippen molar-refractivity contribution in [3.8, 4) is 11.1 Å². The Balaban J connectivity index is 1.28. The maximum absolute atomic E-state index is 14.8. The minimum Gasteiger partial charge on any atom is -0.334 e. The quantitative estimate of drug-likeness (QED) is 0.523. The molecule has 0 spiro atoms. The molecule has 8 heteroatoms. The van der Waals surface area contributed by atoms with Crippen LogP contribution in [-0.4, -0.2) is 65.4 Å². The first-order valence-electron chi connectivity index (χ1n) is 11.9. The summed E-state index contributed by atoms with van der Waals surface area (Å²) in [5.41, 5.74) is 1.73. The Hall–Kier alpha value is -3.10. The van der Waals surface area contributed by atoms with Crippen LogP contribution in [0.25, 0.3) is 11.1 Å². The highest BCUT2D eigenvalue weighted by Gasteiger charge is 2.36. The van der Waals surface area contributed by atoms with Crippen molar-refractivity contribution in [2.75, 3.05) is 37.6 Å². The van der Waals surface area contributed by atoms with E-state index < -0.39 is 5.67 Å². The molecule has 1 aromatic heterocycles. The molecule has 3 aromatic rings. The lowest BCUT2D eigenvalue weighted by atomic mass is 9.90. The molecule has 0 bridgehead atoms. The summed E-state index contributed by atoms with van der Waals surface area (Å²) in [5, 5.41) is 2.34. The van der Waals surface area contributed by atoms with Gasteiger partial charge < -0.3 is 9.80 Å². The zero-order valence-corrected chi connectivity index (χ0v) is 20.8. The van der Waals surface area contributed by atoms with Crippen molar-refractivity contribution < 1.29 is 14.0 Å². The average Bonchev–Trinajstić information content (AvgIpc) is 3.54. The van der Waals surface area contributed by atoms with Crippen molar-refractivity contribution in [2.45, 2.75) is 32.0 Å². The van der Waals surface area contributed by atoms with Gasteiger partial charge in [0.15, 0.2) is 5.01 Å². The van der Waals surface area contributed by atoms with Crippen LogP contribution in [0.4, 0.5) is 10.1 Å². The number of hydrogen-bond acceptors (Lipinski definition) is 5. The molecule has 35 heavy (non-hydrogen) atoms. The monoisotopic (exact) mass is 492 g/mol. The molecule has 0 radical (unpaired) electrons. The molecule has 2 fully saturated rings. The molecule has 182 valence electrons. The van der Waals surface area contributed by atoms with Crippen molar-refractivity contribution in [2.24, 2.45) is 0 Å². The van der Waals surface area contributed by atoms with Crippen molar-refractivity contribution in [3.05, 3.63) is 70.7 Å². The summed E-state index contributed by atoms with van der Waals surface area (Å²) in [6, 6.07) is 15.4. The number of piperazine rings is 1. The second-order valence-electron chi connectivity index (χ2n) is 9.60. The minimum absolute atomic E-state index is 0.0164. The molecule has 6 nitrogen and oxygen atoms in total. The highest BCUT2D eigenvalue weighted by molar-refractivity contribution is 7.11. The Morgan fingerprint density at radius 3 is 2.57 bits per heavy atom. The third-order valence-corrected chi connectivity index (χ3v) is 7.64. The average molecular weight is 493 g/mol. The van der Waals surface area contributed by atoms with Crippen LogP contribution in [0, 0.1) is 0 Å². The zero-order valence-electron chi connectivity index (χ0n) is 20.0. The number of carbonyl (C=O) groups excluding carboxylic acids is 2. The maximum atomic E-state index is 14.8. The molecule has 0 aliphatic carbocycles. The lowest BCUT2D eigenvalue weighted by Gasteiger charge is -2.37. The number of amides is 2. The molecule has 2 aromatic carbocycles. The number of rotatable bonds is 5. The third kappa shape index (κ3) is 4.86. The van der Waals surface area contributed by atoms with Gasteiger partial charge >= 0.3 is 0 Å². The van der Waals surface area contributed by atoms with Gasteiger partial charge in [-0.15, -0.1) is 11.3 Å². The van der Waals surface area contributed by atoms with E-state index in [0.29, 0.717) is 36.6 Å². The summed E-state index contributed by atoms with van der Waals surface area (Å²) in [7, 11) is 0. The Kier molecular flexibility index (Phi) is 6.42. The summed E-state index contributed by atoms with van der Waals surface area (Å²) in [4.78, 5) is 35.7. The van der Waals surface area contributed by atoms with Crippen molar-refractivity contribution >= 4 is 28.8 Å². The van der Waals surface area contributed by atoms with Gasteiger partial charge in [-0.2, -0.15) is 0 Å². The first kappa shape index (κ1) is 23.6. The van der Waals surface area contributed by atoms with Gasteiger partial charge in [-0.25, -0.2) is 9.37 Å². The largest absolute Gasteiger partial charge is 0.334 e.